The smallest absolute Gasteiger partial charge is 0.267 e. The van der Waals surface area contributed by atoms with Crippen LogP contribution >= 0.6 is 0 Å². The highest BCUT2D eigenvalue weighted by molar-refractivity contribution is 7.91. The van der Waals surface area contributed by atoms with E-state index in [0.29, 0.717) is 19.6 Å². The molecule has 0 spiro atoms. The summed E-state index contributed by atoms with van der Waals surface area (Å²) in [6.45, 7) is 0.612. The Kier molecular flexibility index (Phi) is 7.37. The second-order valence-electron chi connectivity index (χ2n) is 6.47. The molecule has 1 aromatic carbocycles. The second-order valence-corrected chi connectivity index (χ2v) is 10.3. The number of nitrogens with two attached hydrogens (primary N) is 1. The summed E-state index contributed by atoms with van der Waals surface area (Å²) in [5, 5.41) is 16.9. The third-order valence-electron chi connectivity index (χ3n) is 4.33. The number of hydrogen-bond donors (Lipinski definition) is 2. The average Bonchev–Trinajstić information content (AvgIpc) is 3.01. The Labute approximate surface area is 169 Å². The van der Waals surface area contributed by atoms with Crippen molar-refractivity contribution < 1.29 is 26.4 Å². The third kappa shape index (κ3) is 6.53. The summed E-state index contributed by atoms with van der Waals surface area (Å²) >= 11 is 0. The number of hydrogen-bond acceptors (Lipinski definition) is 8. The van der Waals surface area contributed by atoms with Crippen molar-refractivity contribution in [1.29, 1.82) is 5.26 Å². The molecule has 0 aliphatic carbocycles. The Morgan fingerprint density at radius 1 is 1.41 bits per heavy atom. The molecule has 0 bridgehead atoms. The number of primary sulfonamides is 1. The van der Waals surface area contributed by atoms with E-state index in [2.05, 4.69) is 5.32 Å². The first-order chi connectivity index (χ1) is 13.6. The molecule has 0 aromatic heterocycles. The van der Waals surface area contributed by atoms with Crippen molar-refractivity contribution in [2.24, 2.45) is 5.14 Å². The molecule has 1 aliphatic heterocycles. The van der Waals surface area contributed by atoms with Crippen LogP contribution < -0.4 is 10.5 Å². The molecule has 1 heterocycles. The van der Waals surface area contributed by atoms with Gasteiger partial charge in [0.05, 0.1) is 23.0 Å². The van der Waals surface area contributed by atoms with Gasteiger partial charge in [-0.15, -0.1) is 0 Å². The maximum atomic E-state index is 12.5. The van der Waals surface area contributed by atoms with Gasteiger partial charge >= 0.3 is 0 Å². The molecule has 2 rings (SSSR count). The van der Waals surface area contributed by atoms with Crippen molar-refractivity contribution in [1.82, 2.24) is 4.90 Å². The SMILES string of the molecule is COCCN(/C=C(/C#N)C(=O)Nc1ccc(S(N)(=O)=O)cc1)C1CCS(=O)(=O)C1. The van der Waals surface area contributed by atoms with Gasteiger partial charge in [0.2, 0.25) is 10.0 Å². The van der Waals surface area contributed by atoms with E-state index in [4.69, 9.17) is 9.88 Å². The minimum atomic E-state index is -3.86. The lowest BCUT2D eigenvalue weighted by atomic mass is 10.2. The number of amides is 1. The van der Waals surface area contributed by atoms with Gasteiger partial charge in [-0.25, -0.2) is 22.0 Å². The van der Waals surface area contributed by atoms with E-state index in [1.54, 1.807) is 4.90 Å². The van der Waals surface area contributed by atoms with E-state index < -0.39 is 25.8 Å². The van der Waals surface area contributed by atoms with Crippen molar-refractivity contribution >= 4 is 31.5 Å². The number of nitriles is 1. The molecule has 1 saturated heterocycles. The molecule has 1 aliphatic rings. The third-order valence-corrected chi connectivity index (χ3v) is 7.01. The molecule has 0 radical (unpaired) electrons. The largest absolute Gasteiger partial charge is 0.383 e. The van der Waals surface area contributed by atoms with Crippen LogP contribution in [-0.2, 0) is 29.4 Å². The predicted molar refractivity (Wildman–Crippen MR) is 106 cm³/mol. The van der Waals surface area contributed by atoms with Crippen molar-refractivity contribution in [3.63, 3.8) is 0 Å². The highest BCUT2D eigenvalue weighted by atomic mass is 32.2. The number of nitrogens with one attached hydrogen (secondary N) is 1. The molecule has 1 amide bonds. The lowest BCUT2D eigenvalue weighted by Crippen LogP contribution is -2.35. The lowest BCUT2D eigenvalue weighted by Gasteiger charge is -2.26. The molecule has 29 heavy (non-hydrogen) atoms. The summed E-state index contributed by atoms with van der Waals surface area (Å²) in [6, 6.07) is 6.62. The fourth-order valence-corrected chi connectivity index (χ4v) is 5.07. The van der Waals surface area contributed by atoms with Gasteiger partial charge in [-0.1, -0.05) is 0 Å². The van der Waals surface area contributed by atoms with E-state index in [9.17, 15) is 26.9 Å². The van der Waals surface area contributed by atoms with Crippen LogP contribution in [0.5, 0.6) is 0 Å². The number of rotatable bonds is 8. The quantitative estimate of drug-likeness (QED) is 0.414. The van der Waals surface area contributed by atoms with E-state index in [-0.39, 0.29) is 33.7 Å². The van der Waals surface area contributed by atoms with Crippen LogP contribution in [0.1, 0.15) is 6.42 Å². The van der Waals surface area contributed by atoms with Gasteiger partial charge in [0.25, 0.3) is 5.91 Å². The summed E-state index contributed by atoms with van der Waals surface area (Å²) in [5.74, 6) is -0.707. The van der Waals surface area contributed by atoms with Gasteiger partial charge in [-0.05, 0) is 30.7 Å². The normalized spacial score (nSPS) is 18.8. The molecule has 1 atom stereocenters. The highest BCUT2D eigenvalue weighted by Gasteiger charge is 2.31. The van der Waals surface area contributed by atoms with Crippen LogP contribution in [0, 0.1) is 11.3 Å². The first-order valence-corrected chi connectivity index (χ1v) is 11.9. The second kappa shape index (κ2) is 9.36. The summed E-state index contributed by atoms with van der Waals surface area (Å²) in [4.78, 5) is 14.0. The van der Waals surface area contributed by atoms with E-state index in [0.717, 1.165) is 0 Å². The number of nitrogens with zero attached hydrogens (tertiary/aromatic N) is 2. The Balaban J connectivity index is 2.18. The number of sulfonamides is 1. The highest BCUT2D eigenvalue weighted by Crippen LogP contribution is 2.19. The number of carbonyl (C=O) groups is 1. The Hall–Kier alpha value is -2.46. The van der Waals surface area contributed by atoms with Gasteiger partial charge in [0.15, 0.2) is 9.84 Å². The van der Waals surface area contributed by atoms with E-state index >= 15 is 0 Å². The number of carbonyl (C=O) groups excluding carboxylic acids is 1. The molecular formula is C17H22N4O6S2. The number of sulfone groups is 1. The monoisotopic (exact) mass is 442 g/mol. The van der Waals surface area contributed by atoms with Crippen molar-refractivity contribution in [2.75, 3.05) is 37.1 Å². The zero-order valence-electron chi connectivity index (χ0n) is 15.7. The van der Waals surface area contributed by atoms with Crippen LogP contribution in [0.25, 0.3) is 0 Å². The molecule has 3 N–H and O–H groups in total. The maximum Gasteiger partial charge on any atom is 0.267 e. The zero-order chi connectivity index (χ0) is 21.7. The van der Waals surface area contributed by atoms with E-state index in [1.807, 2.05) is 6.07 Å². The van der Waals surface area contributed by atoms with Crippen LogP contribution in [0.3, 0.4) is 0 Å². The molecule has 1 fully saturated rings. The maximum absolute atomic E-state index is 12.5. The van der Waals surface area contributed by atoms with Crippen LogP contribution in [0.4, 0.5) is 5.69 Å². The summed E-state index contributed by atoms with van der Waals surface area (Å²) in [7, 11) is -5.51. The summed E-state index contributed by atoms with van der Waals surface area (Å²) in [5.41, 5.74) is 0.0522. The number of methoxy groups -OCH3 is 1. The molecule has 12 heteroatoms. The molecule has 1 aromatic rings. The summed E-state index contributed by atoms with van der Waals surface area (Å²) in [6.07, 6.45) is 1.73. The fraction of sp³-hybridized carbons (Fsp3) is 0.412. The van der Waals surface area contributed by atoms with Crippen LogP contribution in [-0.4, -0.2) is 65.5 Å². The number of anilines is 1. The topological polar surface area (TPSA) is 160 Å². The van der Waals surface area contributed by atoms with Crippen molar-refractivity contribution in [3.05, 3.63) is 36.0 Å². The number of ether oxygens (including phenoxy) is 1. The summed E-state index contributed by atoms with van der Waals surface area (Å²) < 4.78 is 51.1. The van der Waals surface area contributed by atoms with Gasteiger partial charge in [0, 0.05) is 31.6 Å². The van der Waals surface area contributed by atoms with Crippen molar-refractivity contribution in [2.45, 2.75) is 17.4 Å². The average molecular weight is 443 g/mol. The minimum Gasteiger partial charge on any atom is -0.383 e. The lowest BCUT2D eigenvalue weighted by molar-refractivity contribution is -0.112. The first-order valence-electron chi connectivity index (χ1n) is 8.57. The number of benzene rings is 1. The molecule has 158 valence electrons. The fourth-order valence-electron chi connectivity index (χ4n) is 2.82. The van der Waals surface area contributed by atoms with Gasteiger partial charge in [0.1, 0.15) is 11.6 Å². The molecule has 1 unspecified atom stereocenters. The van der Waals surface area contributed by atoms with Gasteiger partial charge in [-0.2, -0.15) is 5.26 Å². The molecule has 10 nitrogen and oxygen atoms in total. The van der Waals surface area contributed by atoms with Crippen molar-refractivity contribution in [3.8, 4) is 6.07 Å². The molecular weight excluding hydrogens is 420 g/mol. The standard InChI is InChI=1S/C17H22N4O6S2/c1-27-8-7-21(15-6-9-28(23,24)12-15)11-13(10-18)17(22)20-14-2-4-16(5-3-14)29(19,25)26/h2-5,11,15H,6-9,12H2,1H3,(H,20,22)(H2,19,25,26)/b13-11-. The Morgan fingerprint density at radius 2 is 2.07 bits per heavy atom. The van der Waals surface area contributed by atoms with Crippen LogP contribution in [0.15, 0.2) is 40.9 Å². The zero-order valence-corrected chi connectivity index (χ0v) is 17.4. The Morgan fingerprint density at radius 3 is 2.55 bits per heavy atom. The predicted octanol–water partition coefficient (Wildman–Crippen LogP) is -0.185. The molecule has 0 saturated carbocycles. The van der Waals surface area contributed by atoms with Crippen LogP contribution in [0.2, 0.25) is 0 Å². The van der Waals surface area contributed by atoms with Gasteiger partial charge in [-0.3, -0.25) is 4.79 Å². The van der Waals surface area contributed by atoms with Gasteiger partial charge < -0.3 is 15.0 Å². The van der Waals surface area contributed by atoms with E-state index in [1.165, 1.54) is 37.6 Å². The Bertz CT molecular complexity index is 1030. The first kappa shape index (κ1) is 22.8. The minimum absolute atomic E-state index is 0.0530.